The van der Waals surface area contributed by atoms with Crippen LogP contribution in [0.4, 0.5) is 5.69 Å². The Morgan fingerprint density at radius 3 is 3.05 bits per heavy atom. The molecule has 1 amide bonds. The third-order valence-corrected chi connectivity index (χ3v) is 2.93. The van der Waals surface area contributed by atoms with Gasteiger partial charge in [0, 0.05) is 30.9 Å². The molecule has 21 heavy (non-hydrogen) atoms. The van der Waals surface area contributed by atoms with Gasteiger partial charge in [0.15, 0.2) is 0 Å². The number of carbonyl (C=O) groups is 1. The highest BCUT2D eigenvalue weighted by molar-refractivity contribution is 5.92. The molecule has 0 unspecified atom stereocenters. The highest BCUT2D eigenvalue weighted by Crippen LogP contribution is 2.17. The van der Waals surface area contributed by atoms with Crippen molar-refractivity contribution >= 4 is 11.6 Å². The zero-order valence-electron chi connectivity index (χ0n) is 12.0. The summed E-state index contributed by atoms with van der Waals surface area (Å²) < 4.78 is 1.87. The highest BCUT2D eigenvalue weighted by atomic mass is 16.1. The topological polar surface area (TPSA) is 72.9 Å². The summed E-state index contributed by atoms with van der Waals surface area (Å²) in [5.41, 5.74) is 7.97. The molecule has 0 radical (unpaired) electrons. The first-order valence-electron chi connectivity index (χ1n) is 6.74. The molecule has 0 saturated carbocycles. The second-order valence-corrected chi connectivity index (χ2v) is 4.65. The van der Waals surface area contributed by atoms with Gasteiger partial charge in [0.25, 0.3) is 0 Å². The van der Waals surface area contributed by atoms with Crippen LogP contribution < -0.4 is 11.1 Å². The van der Waals surface area contributed by atoms with Crippen molar-refractivity contribution in [1.82, 2.24) is 9.55 Å². The van der Waals surface area contributed by atoms with Crippen LogP contribution in [0.3, 0.4) is 0 Å². The minimum absolute atomic E-state index is 0.0508. The van der Waals surface area contributed by atoms with E-state index in [2.05, 4.69) is 22.1 Å². The fourth-order valence-corrected chi connectivity index (χ4v) is 1.88. The van der Waals surface area contributed by atoms with Gasteiger partial charge < -0.3 is 15.6 Å². The van der Waals surface area contributed by atoms with Crippen molar-refractivity contribution in [3.8, 4) is 11.8 Å². The lowest BCUT2D eigenvalue weighted by Gasteiger charge is -2.09. The largest absolute Gasteiger partial charge is 0.337 e. The Balaban J connectivity index is 2.03. The van der Waals surface area contributed by atoms with Gasteiger partial charge in [-0.15, -0.1) is 0 Å². The lowest BCUT2D eigenvalue weighted by atomic mass is 10.1. The van der Waals surface area contributed by atoms with Gasteiger partial charge in [0.1, 0.15) is 0 Å². The molecule has 1 heterocycles. The van der Waals surface area contributed by atoms with Gasteiger partial charge in [0.2, 0.25) is 5.91 Å². The Morgan fingerprint density at radius 1 is 1.48 bits per heavy atom. The Morgan fingerprint density at radius 2 is 2.33 bits per heavy atom. The van der Waals surface area contributed by atoms with E-state index in [0.29, 0.717) is 19.5 Å². The molecule has 0 aliphatic carbocycles. The van der Waals surface area contributed by atoms with Gasteiger partial charge in [-0.1, -0.05) is 17.9 Å². The maximum atomic E-state index is 12.0. The number of aryl methyl sites for hydroxylation is 2. The summed E-state index contributed by atoms with van der Waals surface area (Å²) in [7, 11) is 0. The van der Waals surface area contributed by atoms with Crippen LogP contribution in [0.1, 0.15) is 17.5 Å². The summed E-state index contributed by atoms with van der Waals surface area (Å²) >= 11 is 0. The Bertz CT molecular complexity index is 665. The Kier molecular flexibility index (Phi) is 5.13. The molecule has 5 heteroatoms. The van der Waals surface area contributed by atoms with E-state index < -0.39 is 0 Å². The molecule has 2 aromatic rings. The number of aromatic nitrogens is 2. The number of rotatable bonds is 4. The van der Waals surface area contributed by atoms with Gasteiger partial charge >= 0.3 is 0 Å². The molecule has 3 N–H and O–H groups in total. The summed E-state index contributed by atoms with van der Waals surface area (Å²) in [6, 6.07) is 5.76. The number of nitrogens with zero attached hydrogens (tertiary/aromatic N) is 2. The first kappa shape index (κ1) is 14.8. The number of nitrogens with two attached hydrogens (primary N) is 1. The van der Waals surface area contributed by atoms with Crippen LogP contribution in [0.15, 0.2) is 36.9 Å². The van der Waals surface area contributed by atoms with Crippen molar-refractivity contribution in [3.05, 3.63) is 48.0 Å². The van der Waals surface area contributed by atoms with Gasteiger partial charge in [0.05, 0.1) is 18.6 Å². The number of anilines is 1. The van der Waals surface area contributed by atoms with Gasteiger partial charge in [-0.25, -0.2) is 4.98 Å². The fourth-order valence-electron chi connectivity index (χ4n) is 1.88. The molecule has 0 aliphatic heterocycles. The predicted molar refractivity (Wildman–Crippen MR) is 82.6 cm³/mol. The van der Waals surface area contributed by atoms with Gasteiger partial charge in [-0.05, 0) is 24.6 Å². The minimum Gasteiger partial charge on any atom is -0.337 e. The van der Waals surface area contributed by atoms with E-state index in [4.69, 9.17) is 5.73 Å². The maximum Gasteiger partial charge on any atom is 0.226 e. The number of carbonyl (C=O) groups excluding carboxylic acids is 1. The quantitative estimate of drug-likeness (QED) is 0.835. The van der Waals surface area contributed by atoms with Crippen molar-refractivity contribution in [1.29, 1.82) is 0 Å². The molecule has 1 aromatic heterocycles. The monoisotopic (exact) mass is 282 g/mol. The lowest BCUT2D eigenvalue weighted by Crippen LogP contribution is -2.15. The van der Waals surface area contributed by atoms with Crippen LogP contribution in [0.25, 0.3) is 0 Å². The second-order valence-electron chi connectivity index (χ2n) is 4.65. The SMILES string of the molecule is Cc1ccc(C#CCN)c(NC(=O)CCn2ccnc2)c1. The molecule has 2 rings (SSSR count). The number of imidazole rings is 1. The molecule has 1 aromatic carbocycles. The molecule has 0 fully saturated rings. The molecule has 5 nitrogen and oxygen atoms in total. The molecule has 108 valence electrons. The minimum atomic E-state index is -0.0508. The van der Waals surface area contributed by atoms with Crippen molar-refractivity contribution < 1.29 is 4.79 Å². The summed E-state index contributed by atoms with van der Waals surface area (Å²) in [5, 5.41) is 2.91. The van der Waals surface area contributed by atoms with Crippen LogP contribution in [0, 0.1) is 18.8 Å². The van der Waals surface area contributed by atoms with Crippen LogP contribution in [0.2, 0.25) is 0 Å². The molecule has 0 spiro atoms. The molecular formula is C16H18N4O. The Labute approximate surface area is 124 Å². The molecule has 0 aliphatic rings. The van der Waals surface area contributed by atoms with E-state index in [1.807, 2.05) is 35.9 Å². The number of amides is 1. The smallest absolute Gasteiger partial charge is 0.226 e. The number of hydrogen-bond donors (Lipinski definition) is 2. The van der Waals surface area contributed by atoms with Crippen LogP contribution in [-0.4, -0.2) is 22.0 Å². The molecule has 0 bridgehead atoms. The summed E-state index contributed by atoms with van der Waals surface area (Å²) in [5.74, 6) is 5.73. The second kappa shape index (κ2) is 7.27. The van der Waals surface area contributed by atoms with Crippen LogP contribution in [0.5, 0.6) is 0 Å². The van der Waals surface area contributed by atoms with Crippen LogP contribution >= 0.6 is 0 Å². The van der Waals surface area contributed by atoms with E-state index >= 15 is 0 Å². The fraction of sp³-hybridized carbons (Fsp3) is 0.250. The molecular weight excluding hydrogens is 264 g/mol. The first-order chi connectivity index (χ1) is 10.2. The van der Waals surface area contributed by atoms with E-state index in [-0.39, 0.29) is 5.91 Å². The van der Waals surface area contributed by atoms with Crippen LogP contribution in [-0.2, 0) is 11.3 Å². The number of hydrogen-bond acceptors (Lipinski definition) is 3. The maximum absolute atomic E-state index is 12.0. The van der Waals surface area contributed by atoms with E-state index in [1.54, 1.807) is 12.5 Å². The standard InChI is InChI=1S/C16H18N4O/c1-13-4-5-14(3-2-7-17)15(11-13)19-16(21)6-9-20-10-8-18-12-20/h4-5,8,10-12H,6-7,9,17H2,1H3,(H,19,21). The average Bonchev–Trinajstić information content (AvgIpc) is 2.98. The molecule has 0 atom stereocenters. The first-order valence-corrected chi connectivity index (χ1v) is 6.74. The average molecular weight is 282 g/mol. The molecule has 0 saturated heterocycles. The zero-order valence-corrected chi connectivity index (χ0v) is 12.0. The third kappa shape index (κ3) is 4.48. The van der Waals surface area contributed by atoms with Gasteiger partial charge in [-0.3, -0.25) is 4.79 Å². The van der Waals surface area contributed by atoms with Crippen molar-refractivity contribution in [2.24, 2.45) is 5.73 Å². The van der Waals surface area contributed by atoms with E-state index in [9.17, 15) is 4.79 Å². The number of nitrogens with one attached hydrogen (secondary N) is 1. The lowest BCUT2D eigenvalue weighted by molar-refractivity contribution is -0.116. The number of benzene rings is 1. The predicted octanol–water partition coefficient (Wildman–Crippen LogP) is 1.53. The van der Waals surface area contributed by atoms with Gasteiger partial charge in [-0.2, -0.15) is 0 Å². The van der Waals surface area contributed by atoms with E-state index in [1.165, 1.54) is 0 Å². The third-order valence-electron chi connectivity index (χ3n) is 2.93. The van der Waals surface area contributed by atoms with Crippen molar-refractivity contribution in [2.45, 2.75) is 19.9 Å². The van der Waals surface area contributed by atoms with Crippen molar-refractivity contribution in [3.63, 3.8) is 0 Å². The summed E-state index contributed by atoms with van der Waals surface area (Å²) in [4.78, 5) is 16.0. The van der Waals surface area contributed by atoms with E-state index in [0.717, 1.165) is 16.8 Å². The Hall–Kier alpha value is -2.58. The van der Waals surface area contributed by atoms with Crippen molar-refractivity contribution in [2.75, 3.05) is 11.9 Å². The highest BCUT2D eigenvalue weighted by Gasteiger charge is 2.06. The summed E-state index contributed by atoms with van der Waals surface area (Å²) in [6.45, 7) is 2.87. The summed E-state index contributed by atoms with van der Waals surface area (Å²) in [6.07, 6.45) is 5.60. The zero-order chi connectivity index (χ0) is 15.1. The normalized spacial score (nSPS) is 9.81.